The van der Waals surface area contributed by atoms with Crippen LogP contribution in [0.15, 0.2) is 18.2 Å². The smallest absolute Gasteiger partial charge is 0.309 e. The van der Waals surface area contributed by atoms with Gasteiger partial charge < -0.3 is 5.32 Å². The van der Waals surface area contributed by atoms with Crippen molar-refractivity contribution in [2.75, 3.05) is 13.6 Å². The van der Waals surface area contributed by atoms with Crippen LogP contribution in [0.25, 0.3) is 0 Å². The SMILES string of the molecule is CNCC#Cc1ccc(C=O)c(C(F)(F)F)c1. The van der Waals surface area contributed by atoms with Gasteiger partial charge in [0.25, 0.3) is 0 Å². The molecule has 1 N–H and O–H groups in total. The summed E-state index contributed by atoms with van der Waals surface area (Å²) in [6.45, 7) is 0.386. The van der Waals surface area contributed by atoms with Crippen LogP contribution in [0, 0.1) is 11.8 Å². The van der Waals surface area contributed by atoms with Gasteiger partial charge in [0, 0.05) is 11.1 Å². The minimum atomic E-state index is -4.54. The average molecular weight is 241 g/mol. The summed E-state index contributed by atoms with van der Waals surface area (Å²) in [4.78, 5) is 10.5. The molecule has 0 aliphatic heterocycles. The molecule has 90 valence electrons. The number of benzene rings is 1. The van der Waals surface area contributed by atoms with Crippen LogP contribution in [0.4, 0.5) is 13.2 Å². The summed E-state index contributed by atoms with van der Waals surface area (Å²) in [5, 5.41) is 2.75. The van der Waals surface area contributed by atoms with Crippen molar-refractivity contribution >= 4 is 6.29 Å². The second-order valence-corrected chi connectivity index (χ2v) is 3.25. The number of carbonyl (C=O) groups is 1. The van der Waals surface area contributed by atoms with Crippen LogP contribution >= 0.6 is 0 Å². The third-order valence-electron chi connectivity index (χ3n) is 1.98. The molecule has 1 aromatic carbocycles. The van der Waals surface area contributed by atoms with Gasteiger partial charge in [-0.25, -0.2) is 0 Å². The van der Waals surface area contributed by atoms with Gasteiger partial charge in [0.05, 0.1) is 12.1 Å². The highest BCUT2D eigenvalue weighted by atomic mass is 19.4. The Balaban J connectivity index is 3.15. The topological polar surface area (TPSA) is 29.1 Å². The predicted molar refractivity (Wildman–Crippen MR) is 57.6 cm³/mol. The van der Waals surface area contributed by atoms with E-state index in [9.17, 15) is 18.0 Å². The van der Waals surface area contributed by atoms with Crippen LogP contribution in [0.1, 0.15) is 21.5 Å². The lowest BCUT2D eigenvalue weighted by atomic mass is 10.0. The Hall–Kier alpha value is -1.80. The largest absolute Gasteiger partial charge is 0.417 e. The number of alkyl halides is 3. The molecule has 0 spiro atoms. The molecule has 0 radical (unpaired) electrons. The highest BCUT2D eigenvalue weighted by Crippen LogP contribution is 2.31. The van der Waals surface area contributed by atoms with Crippen LogP contribution in [0.5, 0.6) is 0 Å². The van der Waals surface area contributed by atoms with Crippen LogP contribution in [0.2, 0.25) is 0 Å². The van der Waals surface area contributed by atoms with Crippen molar-refractivity contribution in [3.05, 3.63) is 34.9 Å². The first-order chi connectivity index (χ1) is 7.99. The van der Waals surface area contributed by atoms with E-state index >= 15 is 0 Å². The van der Waals surface area contributed by atoms with E-state index in [-0.39, 0.29) is 17.4 Å². The minimum absolute atomic E-state index is 0.188. The number of carbonyl (C=O) groups excluding carboxylic acids is 1. The van der Waals surface area contributed by atoms with E-state index in [1.165, 1.54) is 6.07 Å². The lowest BCUT2D eigenvalue weighted by Gasteiger charge is -2.09. The first kappa shape index (κ1) is 13.3. The summed E-state index contributed by atoms with van der Waals surface area (Å²) < 4.78 is 37.8. The molecule has 0 amide bonds. The lowest BCUT2D eigenvalue weighted by Crippen LogP contribution is -2.09. The number of aldehydes is 1. The van der Waals surface area contributed by atoms with Crippen LogP contribution in [-0.2, 0) is 6.18 Å². The molecular formula is C12H10F3NO. The molecule has 0 aromatic heterocycles. The number of hydrogen-bond donors (Lipinski definition) is 1. The Morgan fingerprint density at radius 3 is 2.65 bits per heavy atom. The van der Waals surface area contributed by atoms with Gasteiger partial charge in [0.2, 0.25) is 0 Å². The van der Waals surface area contributed by atoms with Gasteiger partial charge in [-0.1, -0.05) is 11.8 Å². The molecule has 0 aliphatic rings. The zero-order valence-corrected chi connectivity index (χ0v) is 9.06. The Morgan fingerprint density at radius 2 is 2.12 bits per heavy atom. The zero-order valence-electron chi connectivity index (χ0n) is 9.06. The summed E-state index contributed by atoms with van der Waals surface area (Å²) in [5.74, 6) is 5.23. The zero-order chi connectivity index (χ0) is 12.9. The summed E-state index contributed by atoms with van der Waals surface area (Å²) in [7, 11) is 1.69. The van der Waals surface area contributed by atoms with Crippen LogP contribution < -0.4 is 5.32 Å². The predicted octanol–water partition coefficient (Wildman–Crippen LogP) is 2.09. The molecule has 0 heterocycles. The second-order valence-electron chi connectivity index (χ2n) is 3.25. The molecule has 0 fully saturated rings. The average Bonchev–Trinajstić information content (AvgIpc) is 2.28. The van der Waals surface area contributed by atoms with Crippen molar-refractivity contribution in [3.63, 3.8) is 0 Å². The maximum absolute atomic E-state index is 12.6. The first-order valence-electron chi connectivity index (χ1n) is 4.79. The van der Waals surface area contributed by atoms with E-state index in [1.807, 2.05) is 0 Å². The van der Waals surface area contributed by atoms with Gasteiger partial charge in [0.15, 0.2) is 6.29 Å². The molecule has 0 saturated carbocycles. The van der Waals surface area contributed by atoms with E-state index < -0.39 is 11.7 Å². The first-order valence-corrected chi connectivity index (χ1v) is 4.79. The Morgan fingerprint density at radius 1 is 1.41 bits per heavy atom. The number of halogens is 3. The normalized spacial score (nSPS) is 10.6. The molecule has 0 aliphatic carbocycles. The quantitative estimate of drug-likeness (QED) is 0.634. The Kier molecular flexibility index (Phi) is 4.30. The molecule has 0 saturated heterocycles. The van der Waals surface area contributed by atoms with Gasteiger partial charge in [0.1, 0.15) is 0 Å². The highest BCUT2D eigenvalue weighted by Gasteiger charge is 2.33. The van der Waals surface area contributed by atoms with Crippen LogP contribution in [-0.4, -0.2) is 19.9 Å². The molecule has 0 atom stereocenters. The van der Waals surface area contributed by atoms with Crippen LogP contribution in [0.3, 0.4) is 0 Å². The van der Waals surface area contributed by atoms with E-state index in [4.69, 9.17) is 0 Å². The van der Waals surface area contributed by atoms with Crippen molar-refractivity contribution in [1.29, 1.82) is 0 Å². The fourth-order valence-corrected chi connectivity index (χ4v) is 1.22. The molecule has 17 heavy (non-hydrogen) atoms. The third-order valence-corrected chi connectivity index (χ3v) is 1.98. The van der Waals surface area contributed by atoms with E-state index in [1.54, 1.807) is 7.05 Å². The Bertz CT molecular complexity index is 469. The van der Waals surface area contributed by atoms with Crippen molar-refractivity contribution in [1.82, 2.24) is 5.32 Å². The fourth-order valence-electron chi connectivity index (χ4n) is 1.22. The van der Waals surface area contributed by atoms with Crippen molar-refractivity contribution in [3.8, 4) is 11.8 Å². The molecule has 0 unspecified atom stereocenters. The number of hydrogen-bond acceptors (Lipinski definition) is 2. The second kappa shape index (κ2) is 5.51. The summed E-state index contributed by atoms with van der Waals surface area (Å²) in [6.07, 6.45) is -4.36. The summed E-state index contributed by atoms with van der Waals surface area (Å²) in [6, 6.07) is 3.40. The van der Waals surface area contributed by atoms with Gasteiger partial charge in [-0.05, 0) is 25.2 Å². The van der Waals surface area contributed by atoms with E-state index in [0.717, 1.165) is 12.1 Å². The minimum Gasteiger partial charge on any atom is -0.309 e. The van der Waals surface area contributed by atoms with Gasteiger partial charge in [-0.3, -0.25) is 4.79 Å². The maximum atomic E-state index is 12.6. The molecule has 0 bridgehead atoms. The third kappa shape index (κ3) is 3.61. The summed E-state index contributed by atoms with van der Waals surface area (Å²) >= 11 is 0. The molecule has 1 rings (SSSR count). The molecule has 5 heteroatoms. The van der Waals surface area contributed by atoms with Gasteiger partial charge in [-0.15, -0.1) is 0 Å². The highest BCUT2D eigenvalue weighted by molar-refractivity contribution is 5.78. The number of rotatable bonds is 2. The van der Waals surface area contributed by atoms with Crippen molar-refractivity contribution < 1.29 is 18.0 Å². The van der Waals surface area contributed by atoms with Gasteiger partial charge in [-0.2, -0.15) is 13.2 Å². The van der Waals surface area contributed by atoms with Crippen molar-refractivity contribution in [2.45, 2.75) is 6.18 Å². The maximum Gasteiger partial charge on any atom is 0.417 e. The van der Waals surface area contributed by atoms with Gasteiger partial charge >= 0.3 is 6.18 Å². The molecule has 1 aromatic rings. The standard InChI is InChI=1S/C12H10F3NO/c1-16-6-2-3-9-4-5-10(8-17)11(7-9)12(13,14)15/h4-5,7-8,16H,6H2,1H3. The molecular weight excluding hydrogens is 231 g/mol. The number of nitrogens with one attached hydrogen (secondary N) is 1. The summed E-state index contributed by atoms with van der Waals surface area (Å²) in [5.41, 5.74) is -1.10. The van der Waals surface area contributed by atoms with E-state index in [2.05, 4.69) is 17.2 Å². The lowest BCUT2D eigenvalue weighted by molar-refractivity contribution is -0.137. The Labute approximate surface area is 96.8 Å². The molecule has 2 nitrogen and oxygen atoms in total. The fraction of sp³-hybridized carbons (Fsp3) is 0.250. The van der Waals surface area contributed by atoms with Crippen molar-refractivity contribution in [2.24, 2.45) is 0 Å². The monoisotopic (exact) mass is 241 g/mol. The van der Waals surface area contributed by atoms with E-state index in [0.29, 0.717) is 6.54 Å².